The molecule has 0 fully saturated rings. The first-order chi connectivity index (χ1) is 14.1. The first-order valence-electron chi connectivity index (χ1n) is 8.96. The Morgan fingerprint density at radius 3 is 2.19 bits per heavy atom. The number of para-hydroxylation sites is 1. The smallest absolute Gasteiger partial charge is 0.375 e. The highest BCUT2D eigenvalue weighted by molar-refractivity contribution is 5.86. The molecule has 168 valence electrons. The number of halogens is 7. The van der Waals surface area contributed by atoms with Crippen LogP contribution in [-0.2, 0) is 23.6 Å². The van der Waals surface area contributed by atoms with Crippen molar-refractivity contribution in [3.8, 4) is 0 Å². The molecule has 1 unspecified atom stereocenters. The third kappa shape index (κ3) is 5.87. The zero-order valence-electron chi connectivity index (χ0n) is 16.2. The Labute approximate surface area is 180 Å². The van der Waals surface area contributed by atoms with Gasteiger partial charge in [-0.1, -0.05) is 42.5 Å². The summed E-state index contributed by atoms with van der Waals surface area (Å²) < 4.78 is 85.6. The predicted octanol–water partition coefficient (Wildman–Crippen LogP) is 6.17. The Morgan fingerprint density at radius 2 is 1.61 bits per heavy atom. The average Bonchev–Trinajstić information content (AvgIpc) is 2.69. The number of ether oxygens (including phenoxy) is 1. The normalized spacial score (nSPS) is 13.1. The van der Waals surface area contributed by atoms with Crippen molar-refractivity contribution in [1.29, 1.82) is 0 Å². The largest absolute Gasteiger partial charge is 0.433 e. The zero-order chi connectivity index (χ0) is 21.9. The number of nitrogens with one attached hydrogen (secondary N) is 1. The van der Waals surface area contributed by atoms with Gasteiger partial charge in [-0.2, -0.15) is 26.3 Å². The lowest BCUT2D eigenvalue weighted by atomic mass is 9.99. The minimum atomic E-state index is -4.91. The van der Waals surface area contributed by atoms with E-state index in [2.05, 4.69) is 10.3 Å². The van der Waals surface area contributed by atoms with Crippen LogP contribution in [0.25, 0.3) is 10.9 Å². The fraction of sp³-hybridized carbons (Fsp3) is 0.286. The number of benzene rings is 2. The van der Waals surface area contributed by atoms with Gasteiger partial charge in [0.1, 0.15) is 5.69 Å². The molecule has 3 nitrogen and oxygen atoms in total. The highest BCUT2D eigenvalue weighted by Crippen LogP contribution is 2.39. The van der Waals surface area contributed by atoms with Gasteiger partial charge in [-0.15, -0.1) is 12.4 Å². The minimum Gasteiger partial charge on any atom is -0.375 e. The number of fused-ring (bicyclic) bond motifs is 1. The molecule has 0 radical (unpaired) electrons. The molecule has 1 N–H and O–H groups in total. The maximum atomic E-state index is 13.4. The molecule has 0 aliphatic heterocycles. The van der Waals surface area contributed by atoms with E-state index in [9.17, 15) is 26.3 Å². The molecule has 0 aliphatic carbocycles. The van der Waals surface area contributed by atoms with Crippen LogP contribution in [0.5, 0.6) is 0 Å². The maximum Gasteiger partial charge on any atom is 0.433 e. The van der Waals surface area contributed by atoms with Gasteiger partial charge in [0.05, 0.1) is 17.2 Å². The minimum absolute atomic E-state index is 0. The van der Waals surface area contributed by atoms with E-state index < -0.39 is 35.2 Å². The SMILES string of the molecule is COC(CNCc1ccccc1)c1cc(C(F)(F)F)nc2c(C(F)(F)F)cccc12.Cl. The molecule has 0 bridgehead atoms. The van der Waals surface area contributed by atoms with Gasteiger partial charge in [-0.25, -0.2) is 4.98 Å². The fourth-order valence-electron chi connectivity index (χ4n) is 3.18. The Kier molecular flexibility index (Phi) is 7.91. The van der Waals surface area contributed by atoms with E-state index in [0.29, 0.717) is 12.6 Å². The van der Waals surface area contributed by atoms with Crippen LogP contribution in [0.1, 0.15) is 28.5 Å². The van der Waals surface area contributed by atoms with Gasteiger partial charge in [0.15, 0.2) is 0 Å². The monoisotopic (exact) mass is 464 g/mol. The van der Waals surface area contributed by atoms with E-state index in [1.165, 1.54) is 13.2 Å². The number of rotatable bonds is 6. The predicted molar refractivity (Wildman–Crippen MR) is 107 cm³/mol. The molecule has 1 heterocycles. The standard InChI is InChI=1S/C21H18F6N2O.ClH/c1-30-17(12-28-11-13-6-3-2-4-7-13)15-10-18(21(25,26)27)29-19-14(15)8-5-9-16(19)20(22,23)24;/h2-10,17,28H,11-12H2,1H3;1H. The van der Waals surface area contributed by atoms with Crippen LogP contribution in [0.15, 0.2) is 54.6 Å². The van der Waals surface area contributed by atoms with Crippen LogP contribution < -0.4 is 5.32 Å². The van der Waals surface area contributed by atoms with Crippen molar-refractivity contribution in [2.45, 2.75) is 25.0 Å². The van der Waals surface area contributed by atoms with E-state index in [1.807, 2.05) is 30.3 Å². The van der Waals surface area contributed by atoms with E-state index in [0.717, 1.165) is 17.7 Å². The first kappa shape index (κ1) is 24.9. The number of hydrogen-bond acceptors (Lipinski definition) is 3. The van der Waals surface area contributed by atoms with Crippen LogP contribution in [0.3, 0.4) is 0 Å². The van der Waals surface area contributed by atoms with Crippen molar-refractivity contribution in [3.05, 3.63) is 77.0 Å². The van der Waals surface area contributed by atoms with Crippen LogP contribution in [0.2, 0.25) is 0 Å². The van der Waals surface area contributed by atoms with Crippen LogP contribution in [-0.4, -0.2) is 18.6 Å². The fourth-order valence-corrected chi connectivity index (χ4v) is 3.18. The molecule has 10 heteroatoms. The second kappa shape index (κ2) is 9.84. The number of alkyl halides is 6. The van der Waals surface area contributed by atoms with Crippen molar-refractivity contribution in [2.24, 2.45) is 0 Å². The van der Waals surface area contributed by atoms with Gasteiger partial charge < -0.3 is 10.1 Å². The summed E-state index contributed by atoms with van der Waals surface area (Å²) in [4.78, 5) is 3.30. The quantitative estimate of drug-likeness (QED) is 0.443. The molecule has 1 atom stereocenters. The summed E-state index contributed by atoms with van der Waals surface area (Å²) in [7, 11) is 1.29. The molecule has 0 saturated heterocycles. The van der Waals surface area contributed by atoms with Crippen molar-refractivity contribution in [2.75, 3.05) is 13.7 Å². The summed E-state index contributed by atoms with van der Waals surface area (Å²) in [6, 6.07) is 13.2. The molecule has 0 saturated carbocycles. The van der Waals surface area contributed by atoms with Crippen LogP contribution >= 0.6 is 12.4 Å². The van der Waals surface area contributed by atoms with Crippen LogP contribution in [0, 0.1) is 0 Å². The topological polar surface area (TPSA) is 34.1 Å². The van der Waals surface area contributed by atoms with Crippen molar-refractivity contribution in [3.63, 3.8) is 0 Å². The summed E-state index contributed by atoms with van der Waals surface area (Å²) in [6.07, 6.45) is -10.7. The molecule has 1 aromatic heterocycles. The lowest BCUT2D eigenvalue weighted by Gasteiger charge is -2.21. The first-order valence-corrected chi connectivity index (χ1v) is 8.96. The van der Waals surface area contributed by atoms with Crippen molar-refractivity contribution in [1.82, 2.24) is 10.3 Å². The molecular weight excluding hydrogens is 446 g/mol. The molecule has 0 spiro atoms. The molecule has 0 amide bonds. The van der Waals surface area contributed by atoms with Gasteiger partial charge in [0.25, 0.3) is 0 Å². The van der Waals surface area contributed by atoms with E-state index >= 15 is 0 Å². The third-order valence-corrected chi connectivity index (χ3v) is 4.60. The number of methoxy groups -OCH3 is 1. The van der Waals surface area contributed by atoms with Crippen molar-refractivity contribution >= 4 is 23.3 Å². The molecule has 0 aliphatic rings. The molecule has 2 aromatic carbocycles. The average molecular weight is 465 g/mol. The summed E-state index contributed by atoms with van der Waals surface area (Å²) in [5, 5.41) is 3.03. The van der Waals surface area contributed by atoms with E-state index in [4.69, 9.17) is 4.74 Å². The third-order valence-electron chi connectivity index (χ3n) is 4.60. The van der Waals surface area contributed by atoms with Gasteiger partial charge in [-0.05, 0) is 23.3 Å². The van der Waals surface area contributed by atoms with Gasteiger partial charge >= 0.3 is 12.4 Å². The Balaban J connectivity index is 0.00000341. The van der Waals surface area contributed by atoms with Gasteiger partial charge in [0.2, 0.25) is 0 Å². The van der Waals surface area contributed by atoms with Crippen molar-refractivity contribution < 1.29 is 31.1 Å². The molecular formula is C21H19ClF6N2O. The molecule has 3 aromatic rings. The van der Waals surface area contributed by atoms with Gasteiger partial charge in [-0.3, -0.25) is 0 Å². The number of pyridine rings is 1. The lowest BCUT2D eigenvalue weighted by Crippen LogP contribution is -2.23. The number of aromatic nitrogens is 1. The zero-order valence-corrected chi connectivity index (χ0v) is 17.0. The lowest BCUT2D eigenvalue weighted by molar-refractivity contribution is -0.142. The Hall–Kier alpha value is -2.36. The summed E-state index contributed by atoms with van der Waals surface area (Å²) in [5.41, 5.74) is -2.44. The van der Waals surface area contributed by atoms with Gasteiger partial charge in [0, 0.05) is 25.6 Å². The summed E-state index contributed by atoms with van der Waals surface area (Å²) in [6.45, 7) is 0.516. The molecule has 3 rings (SSSR count). The maximum absolute atomic E-state index is 13.4. The highest BCUT2D eigenvalue weighted by Gasteiger charge is 2.38. The Bertz CT molecular complexity index is 1010. The second-order valence-electron chi connectivity index (χ2n) is 6.63. The van der Waals surface area contributed by atoms with Crippen LogP contribution in [0.4, 0.5) is 26.3 Å². The number of nitrogens with zero attached hydrogens (tertiary/aromatic N) is 1. The molecule has 31 heavy (non-hydrogen) atoms. The second-order valence-corrected chi connectivity index (χ2v) is 6.63. The number of hydrogen-bond donors (Lipinski definition) is 1. The Morgan fingerprint density at radius 1 is 0.935 bits per heavy atom. The summed E-state index contributed by atoms with van der Waals surface area (Å²) >= 11 is 0. The van der Waals surface area contributed by atoms with E-state index in [1.54, 1.807) is 0 Å². The summed E-state index contributed by atoms with van der Waals surface area (Å²) in [5.74, 6) is 0. The van der Waals surface area contributed by atoms with E-state index in [-0.39, 0.29) is 29.9 Å². The highest BCUT2D eigenvalue weighted by atomic mass is 35.5.